The molecule has 0 spiro atoms. The number of nitrogens with zero attached hydrogens (tertiary/aromatic N) is 1. The minimum atomic E-state index is -0.766. The van der Waals surface area contributed by atoms with Crippen molar-refractivity contribution < 1.29 is 23.9 Å². The average Bonchev–Trinajstić information content (AvgIpc) is 3.08. The van der Waals surface area contributed by atoms with Gasteiger partial charge < -0.3 is 19.7 Å². The van der Waals surface area contributed by atoms with Gasteiger partial charge in [0.15, 0.2) is 6.10 Å². The second-order valence-corrected chi connectivity index (χ2v) is 14.4. The fourth-order valence-electron chi connectivity index (χ4n) is 5.92. The van der Waals surface area contributed by atoms with Crippen molar-refractivity contribution in [2.45, 2.75) is 206 Å². The number of allylic oxidation sites excluding steroid dienone is 2. The van der Waals surface area contributed by atoms with Crippen LogP contribution in [0, 0.1) is 0 Å². The molecule has 0 saturated heterocycles. The van der Waals surface area contributed by atoms with E-state index in [2.05, 4.69) is 31.3 Å². The van der Waals surface area contributed by atoms with Crippen molar-refractivity contribution in [2.75, 3.05) is 33.8 Å². The molecule has 1 unspecified atom stereocenters. The predicted octanol–water partition coefficient (Wildman–Crippen LogP) is 11.0. The maximum absolute atomic E-state index is 12.9. The standard InChI is InChI=1S/C42H80N2O5/c1-5-7-9-11-13-15-16-17-18-19-20-21-23-25-27-31-36-43-42(47)39(49-41(46)35-37-44(3)4)33-29-28-32-38-48-40(45)34-30-26-24-22-14-12-10-8-6-2/h17-18,39H,5-16,19-38H2,1-4H3,(H,43,47)/b18-17-. The molecule has 0 saturated carbocycles. The molecule has 0 aliphatic carbocycles. The summed E-state index contributed by atoms with van der Waals surface area (Å²) in [5.74, 6) is -0.642. The molecule has 1 atom stereocenters. The summed E-state index contributed by atoms with van der Waals surface area (Å²) in [5, 5.41) is 3.01. The Kier molecular flexibility index (Phi) is 35.9. The number of ether oxygens (including phenoxy) is 2. The molecule has 0 fully saturated rings. The molecule has 1 N–H and O–H groups in total. The Hall–Kier alpha value is -1.89. The third-order valence-electron chi connectivity index (χ3n) is 9.18. The number of rotatable bonds is 37. The Balaban J connectivity index is 4.06. The molecule has 7 heteroatoms. The summed E-state index contributed by atoms with van der Waals surface area (Å²) in [4.78, 5) is 39.3. The Morgan fingerprint density at radius 3 is 1.61 bits per heavy atom. The molecular formula is C42H80N2O5. The van der Waals surface area contributed by atoms with E-state index in [0.29, 0.717) is 32.5 Å². The smallest absolute Gasteiger partial charge is 0.307 e. The number of esters is 2. The third-order valence-corrected chi connectivity index (χ3v) is 9.18. The highest BCUT2D eigenvalue weighted by Crippen LogP contribution is 2.13. The highest BCUT2D eigenvalue weighted by atomic mass is 16.5. The van der Waals surface area contributed by atoms with Gasteiger partial charge in [0.05, 0.1) is 13.0 Å². The molecule has 49 heavy (non-hydrogen) atoms. The summed E-state index contributed by atoms with van der Waals surface area (Å²) in [5.41, 5.74) is 0. The number of nitrogens with one attached hydrogen (secondary N) is 1. The van der Waals surface area contributed by atoms with Crippen molar-refractivity contribution in [3.8, 4) is 0 Å². The van der Waals surface area contributed by atoms with E-state index in [-0.39, 0.29) is 24.3 Å². The van der Waals surface area contributed by atoms with Crippen LogP contribution in [0.15, 0.2) is 12.2 Å². The second kappa shape index (κ2) is 37.4. The van der Waals surface area contributed by atoms with E-state index in [1.54, 1.807) is 0 Å². The van der Waals surface area contributed by atoms with Crippen molar-refractivity contribution >= 4 is 17.8 Å². The lowest BCUT2D eigenvalue weighted by atomic mass is 10.1. The van der Waals surface area contributed by atoms with Gasteiger partial charge >= 0.3 is 11.9 Å². The molecule has 0 aromatic rings. The van der Waals surface area contributed by atoms with Crippen molar-refractivity contribution in [2.24, 2.45) is 0 Å². The van der Waals surface area contributed by atoms with Crippen LogP contribution < -0.4 is 5.32 Å². The Morgan fingerprint density at radius 1 is 0.571 bits per heavy atom. The van der Waals surface area contributed by atoms with Gasteiger partial charge in [-0.2, -0.15) is 0 Å². The highest BCUT2D eigenvalue weighted by molar-refractivity contribution is 5.83. The molecule has 1 amide bonds. The van der Waals surface area contributed by atoms with Crippen LogP contribution in [-0.2, 0) is 23.9 Å². The van der Waals surface area contributed by atoms with Crippen molar-refractivity contribution in [3.05, 3.63) is 12.2 Å². The van der Waals surface area contributed by atoms with E-state index in [0.717, 1.165) is 44.9 Å². The Bertz CT molecular complexity index is 785. The van der Waals surface area contributed by atoms with E-state index in [1.807, 2.05) is 19.0 Å². The zero-order valence-corrected chi connectivity index (χ0v) is 32.8. The van der Waals surface area contributed by atoms with Crippen LogP contribution in [0.25, 0.3) is 0 Å². The molecule has 7 nitrogen and oxygen atoms in total. The molecule has 0 bridgehead atoms. The Labute approximate surface area is 303 Å². The highest BCUT2D eigenvalue weighted by Gasteiger charge is 2.22. The van der Waals surface area contributed by atoms with Gasteiger partial charge in [0.2, 0.25) is 0 Å². The van der Waals surface area contributed by atoms with E-state index in [1.165, 1.54) is 122 Å². The minimum absolute atomic E-state index is 0.110. The summed E-state index contributed by atoms with van der Waals surface area (Å²) < 4.78 is 11.0. The average molecular weight is 693 g/mol. The monoisotopic (exact) mass is 693 g/mol. The van der Waals surface area contributed by atoms with Crippen molar-refractivity contribution in [1.82, 2.24) is 10.2 Å². The maximum atomic E-state index is 12.9. The first-order chi connectivity index (χ1) is 23.9. The molecular weight excluding hydrogens is 612 g/mol. The molecule has 0 aromatic heterocycles. The summed E-state index contributed by atoms with van der Waals surface area (Å²) in [6, 6.07) is 0. The minimum Gasteiger partial charge on any atom is -0.466 e. The summed E-state index contributed by atoms with van der Waals surface area (Å²) in [6.07, 6.45) is 36.1. The molecule has 0 heterocycles. The van der Waals surface area contributed by atoms with Gasteiger partial charge in [0, 0.05) is 19.5 Å². The SMILES string of the molecule is CCCCCCCC/C=C\CCCCCCCCNC(=O)C(CCCCCOC(=O)CCCCCCCCCCC)OC(=O)CCN(C)C. The van der Waals surface area contributed by atoms with Crippen LogP contribution in [-0.4, -0.2) is 62.6 Å². The summed E-state index contributed by atoms with van der Waals surface area (Å²) in [6.45, 7) is 6.12. The van der Waals surface area contributed by atoms with Gasteiger partial charge in [-0.05, 0) is 78.3 Å². The van der Waals surface area contributed by atoms with Gasteiger partial charge in [-0.25, -0.2) is 0 Å². The first-order valence-electron chi connectivity index (χ1n) is 20.8. The number of unbranched alkanes of at least 4 members (excludes halogenated alkanes) is 22. The lowest BCUT2D eigenvalue weighted by Crippen LogP contribution is -2.38. The van der Waals surface area contributed by atoms with Crippen LogP contribution in [0.3, 0.4) is 0 Å². The van der Waals surface area contributed by atoms with E-state index >= 15 is 0 Å². The maximum Gasteiger partial charge on any atom is 0.307 e. The lowest BCUT2D eigenvalue weighted by molar-refractivity contribution is -0.156. The Morgan fingerprint density at radius 2 is 1.06 bits per heavy atom. The number of carbonyl (C=O) groups is 3. The van der Waals surface area contributed by atoms with Gasteiger partial charge in [0.1, 0.15) is 0 Å². The zero-order chi connectivity index (χ0) is 36.0. The molecule has 0 radical (unpaired) electrons. The van der Waals surface area contributed by atoms with Gasteiger partial charge in [-0.3, -0.25) is 14.4 Å². The topological polar surface area (TPSA) is 84.9 Å². The predicted molar refractivity (Wildman–Crippen MR) is 207 cm³/mol. The fourth-order valence-corrected chi connectivity index (χ4v) is 5.92. The second-order valence-electron chi connectivity index (χ2n) is 14.4. The van der Waals surface area contributed by atoms with Crippen LogP contribution in [0.2, 0.25) is 0 Å². The molecule has 0 rings (SSSR count). The van der Waals surface area contributed by atoms with Gasteiger partial charge in [-0.1, -0.05) is 135 Å². The fraction of sp³-hybridized carbons (Fsp3) is 0.881. The zero-order valence-electron chi connectivity index (χ0n) is 32.8. The lowest BCUT2D eigenvalue weighted by Gasteiger charge is -2.18. The first-order valence-corrected chi connectivity index (χ1v) is 20.8. The number of amides is 1. The third kappa shape index (κ3) is 35.7. The van der Waals surface area contributed by atoms with Crippen LogP contribution in [0.1, 0.15) is 200 Å². The van der Waals surface area contributed by atoms with E-state index in [4.69, 9.17) is 9.47 Å². The normalized spacial score (nSPS) is 12.1. The molecule has 0 aromatic carbocycles. The molecule has 0 aliphatic heterocycles. The van der Waals surface area contributed by atoms with E-state index in [9.17, 15) is 14.4 Å². The molecule has 288 valence electrons. The van der Waals surface area contributed by atoms with E-state index < -0.39 is 6.10 Å². The number of hydrogen-bond donors (Lipinski definition) is 1. The van der Waals surface area contributed by atoms with Crippen LogP contribution in [0.4, 0.5) is 0 Å². The quantitative estimate of drug-likeness (QED) is 0.0396. The number of carbonyl (C=O) groups excluding carboxylic acids is 3. The van der Waals surface area contributed by atoms with Crippen molar-refractivity contribution in [3.63, 3.8) is 0 Å². The van der Waals surface area contributed by atoms with Crippen LogP contribution >= 0.6 is 0 Å². The number of hydrogen-bond acceptors (Lipinski definition) is 6. The van der Waals surface area contributed by atoms with Crippen LogP contribution in [0.5, 0.6) is 0 Å². The molecule has 0 aliphatic rings. The van der Waals surface area contributed by atoms with Gasteiger partial charge in [0.25, 0.3) is 5.91 Å². The summed E-state index contributed by atoms with van der Waals surface area (Å²) in [7, 11) is 3.83. The largest absolute Gasteiger partial charge is 0.466 e. The van der Waals surface area contributed by atoms with Crippen molar-refractivity contribution in [1.29, 1.82) is 0 Å². The summed E-state index contributed by atoms with van der Waals surface area (Å²) >= 11 is 0. The first kappa shape index (κ1) is 47.1. The van der Waals surface area contributed by atoms with Gasteiger partial charge in [-0.15, -0.1) is 0 Å².